The number of benzene rings is 2. The summed E-state index contributed by atoms with van der Waals surface area (Å²) in [5.74, 6) is 1.70. The number of anilines is 2. The highest BCUT2D eigenvalue weighted by Crippen LogP contribution is 2.29. The fraction of sp³-hybridized carbons (Fsp3) is 0.387. The molecule has 3 heterocycles. The summed E-state index contributed by atoms with van der Waals surface area (Å²) in [7, 11) is 0. The Hall–Kier alpha value is -3.85. The highest BCUT2D eigenvalue weighted by atomic mass is 16.2. The molecule has 0 saturated carbocycles. The number of hydrogen-bond donors (Lipinski definition) is 0. The monoisotopic (exact) mass is 493 g/mol. The first-order chi connectivity index (χ1) is 18.0. The van der Waals surface area contributed by atoms with Gasteiger partial charge < -0.3 is 14.7 Å². The van der Waals surface area contributed by atoms with Gasteiger partial charge in [-0.25, -0.2) is 4.98 Å². The molecule has 3 aromatic rings. The normalized spacial score (nSPS) is 16.5. The van der Waals surface area contributed by atoms with E-state index in [4.69, 9.17) is 0 Å². The number of pyridine rings is 1. The molecule has 0 atom stereocenters. The van der Waals surface area contributed by atoms with E-state index in [1.54, 1.807) is 0 Å². The summed E-state index contributed by atoms with van der Waals surface area (Å²) in [6.07, 6.45) is 4.99. The number of rotatable bonds is 5. The number of nitriles is 1. The lowest BCUT2D eigenvalue weighted by Gasteiger charge is -2.36. The standard InChI is InChI=1S/C31H35N5O/c1-23-19-24(2)28(31(37)36-17-15-35(16-18-36)30-9-5-6-12-33-30)21-27(23)20-25-10-13-34(14-11-25)29-8-4-3-7-26(29)22-32/h3-9,12,19,21,25H,10-11,13-18,20H2,1-2H3. The van der Waals surface area contributed by atoms with Crippen molar-refractivity contribution in [2.75, 3.05) is 49.1 Å². The van der Waals surface area contributed by atoms with Crippen molar-refractivity contribution in [3.8, 4) is 6.07 Å². The van der Waals surface area contributed by atoms with Crippen LogP contribution >= 0.6 is 0 Å². The van der Waals surface area contributed by atoms with Crippen molar-refractivity contribution in [2.24, 2.45) is 5.92 Å². The SMILES string of the molecule is Cc1cc(C)c(C(=O)N2CCN(c3ccccn3)CC2)cc1CC1CCN(c2ccccc2C#N)CC1. The first-order valence-corrected chi connectivity index (χ1v) is 13.3. The maximum absolute atomic E-state index is 13.5. The van der Waals surface area contributed by atoms with Gasteiger partial charge in [-0.15, -0.1) is 0 Å². The number of aromatic nitrogens is 1. The Morgan fingerprint density at radius 2 is 1.65 bits per heavy atom. The molecule has 1 amide bonds. The minimum atomic E-state index is 0.141. The van der Waals surface area contributed by atoms with Crippen molar-refractivity contribution in [1.82, 2.24) is 9.88 Å². The summed E-state index contributed by atoms with van der Waals surface area (Å²) in [6, 6.07) is 20.5. The van der Waals surface area contributed by atoms with Gasteiger partial charge >= 0.3 is 0 Å². The lowest BCUT2D eigenvalue weighted by Crippen LogP contribution is -2.49. The van der Waals surface area contributed by atoms with E-state index >= 15 is 0 Å². The lowest BCUT2D eigenvalue weighted by molar-refractivity contribution is 0.0745. The van der Waals surface area contributed by atoms with Crippen LogP contribution in [0.3, 0.4) is 0 Å². The van der Waals surface area contributed by atoms with E-state index in [1.165, 1.54) is 11.1 Å². The molecule has 2 aromatic carbocycles. The first-order valence-electron chi connectivity index (χ1n) is 13.3. The number of piperazine rings is 1. The van der Waals surface area contributed by atoms with Gasteiger partial charge in [-0.05, 0) is 86.1 Å². The molecule has 0 spiro atoms. The van der Waals surface area contributed by atoms with Crippen LogP contribution in [0.5, 0.6) is 0 Å². The Bertz CT molecular complexity index is 1280. The third-order valence-electron chi connectivity index (χ3n) is 7.94. The third kappa shape index (κ3) is 5.46. The zero-order chi connectivity index (χ0) is 25.8. The quantitative estimate of drug-likeness (QED) is 0.501. The molecular formula is C31H35N5O. The lowest BCUT2D eigenvalue weighted by atomic mass is 9.86. The summed E-state index contributed by atoms with van der Waals surface area (Å²) in [6.45, 7) is 9.16. The third-order valence-corrected chi connectivity index (χ3v) is 7.94. The predicted octanol–water partition coefficient (Wildman–Crippen LogP) is 4.99. The molecule has 6 heteroatoms. The maximum atomic E-state index is 13.5. The fourth-order valence-electron chi connectivity index (χ4n) is 5.73. The topological polar surface area (TPSA) is 63.5 Å². The highest BCUT2D eigenvalue weighted by Gasteiger charge is 2.26. The molecule has 0 unspecified atom stereocenters. The van der Waals surface area contributed by atoms with E-state index in [1.807, 2.05) is 47.5 Å². The zero-order valence-corrected chi connectivity index (χ0v) is 21.9. The van der Waals surface area contributed by atoms with E-state index in [0.717, 1.165) is 73.6 Å². The Labute approximate surface area is 220 Å². The second kappa shape index (κ2) is 11.0. The number of amides is 1. The second-order valence-corrected chi connectivity index (χ2v) is 10.3. The van der Waals surface area contributed by atoms with Gasteiger partial charge in [-0.2, -0.15) is 5.26 Å². The van der Waals surface area contributed by atoms with E-state index in [9.17, 15) is 10.1 Å². The summed E-state index contributed by atoms with van der Waals surface area (Å²) < 4.78 is 0. The summed E-state index contributed by atoms with van der Waals surface area (Å²) in [5.41, 5.74) is 6.25. The van der Waals surface area contributed by atoms with E-state index < -0.39 is 0 Å². The number of carbonyl (C=O) groups excluding carboxylic acids is 1. The van der Waals surface area contributed by atoms with Gasteiger partial charge in [0.15, 0.2) is 0 Å². The van der Waals surface area contributed by atoms with Crippen LogP contribution in [0.15, 0.2) is 60.8 Å². The van der Waals surface area contributed by atoms with Crippen molar-refractivity contribution in [1.29, 1.82) is 5.26 Å². The number of aryl methyl sites for hydroxylation is 2. The average Bonchev–Trinajstić information content (AvgIpc) is 2.95. The molecule has 1 aromatic heterocycles. The molecule has 0 N–H and O–H groups in total. The maximum Gasteiger partial charge on any atom is 0.254 e. The largest absolute Gasteiger partial charge is 0.370 e. The molecule has 0 bridgehead atoms. The fourth-order valence-corrected chi connectivity index (χ4v) is 5.73. The van der Waals surface area contributed by atoms with Crippen molar-refractivity contribution in [3.05, 3.63) is 88.6 Å². The molecule has 37 heavy (non-hydrogen) atoms. The van der Waals surface area contributed by atoms with Crippen molar-refractivity contribution in [3.63, 3.8) is 0 Å². The molecule has 0 aliphatic carbocycles. The Balaban J connectivity index is 1.22. The molecular weight excluding hydrogens is 458 g/mol. The number of carbonyl (C=O) groups is 1. The molecule has 2 saturated heterocycles. The first kappa shape index (κ1) is 24.8. The van der Waals surface area contributed by atoms with Gasteiger partial charge in [-0.3, -0.25) is 4.79 Å². The molecule has 2 aliphatic rings. The van der Waals surface area contributed by atoms with Gasteiger partial charge in [0.25, 0.3) is 5.91 Å². The number of para-hydroxylation sites is 1. The van der Waals surface area contributed by atoms with E-state index in [-0.39, 0.29) is 5.91 Å². The van der Waals surface area contributed by atoms with Crippen molar-refractivity contribution < 1.29 is 4.79 Å². The minimum absolute atomic E-state index is 0.141. The zero-order valence-electron chi connectivity index (χ0n) is 21.9. The van der Waals surface area contributed by atoms with E-state index in [0.29, 0.717) is 19.0 Å². The molecule has 190 valence electrons. The van der Waals surface area contributed by atoms with Crippen molar-refractivity contribution in [2.45, 2.75) is 33.1 Å². The predicted molar refractivity (Wildman–Crippen MR) is 148 cm³/mol. The van der Waals surface area contributed by atoms with Crippen LogP contribution in [-0.2, 0) is 6.42 Å². The van der Waals surface area contributed by atoms with Crippen molar-refractivity contribution >= 4 is 17.4 Å². The summed E-state index contributed by atoms with van der Waals surface area (Å²) in [4.78, 5) is 24.6. The average molecular weight is 494 g/mol. The van der Waals surface area contributed by atoms with Crippen LogP contribution in [0.2, 0.25) is 0 Å². The van der Waals surface area contributed by atoms with Crippen LogP contribution in [0.4, 0.5) is 11.5 Å². The highest BCUT2D eigenvalue weighted by molar-refractivity contribution is 5.96. The van der Waals surface area contributed by atoms with Gasteiger partial charge in [0.2, 0.25) is 0 Å². The summed E-state index contributed by atoms with van der Waals surface area (Å²) >= 11 is 0. The van der Waals surface area contributed by atoms with Crippen LogP contribution in [0.1, 0.15) is 45.5 Å². The molecule has 0 radical (unpaired) electrons. The minimum Gasteiger partial charge on any atom is -0.370 e. The molecule has 2 fully saturated rings. The molecule has 5 rings (SSSR count). The summed E-state index contributed by atoms with van der Waals surface area (Å²) in [5, 5.41) is 9.47. The number of hydrogen-bond acceptors (Lipinski definition) is 5. The Kier molecular flexibility index (Phi) is 7.41. The molecule has 2 aliphatic heterocycles. The Morgan fingerprint density at radius 1 is 0.919 bits per heavy atom. The molecule has 6 nitrogen and oxygen atoms in total. The number of piperidine rings is 1. The van der Waals surface area contributed by atoms with E-state index in [2.05, 4.69) is 52.9 Å². The van der Waals surface area contributed by atoms with Crippen LogP contribution in [-0.4, -0.2) is 55.1 Å². The van der Waals surface area contributed by atoms with Gasteiger partial charge in [0.1, 0.15) is 11.9 Å². The van der Waals surface area contributed by atoms with Gasteiger partial charge in [0, 0.05) is 51.0 Å². The van der Waals surface area contributed by atoms with Gasteiger partial charge in [-0.1, -0.05) is 24.3 Å². The smallest absolute Gasteiger partial charge is 0.254 e. The van der Waals surface area contributed by atoms with Crippen LogP contribution in [0, 0.1) is 31.1 Å². The van der Waals surface area contributed by atoms with Crippen LogP contribution in [0.25, 0.3) is 0 Å². The Morgan fingerprint density at radius 3 is 2.35 bits per heavy atom. The van der Waals surface area contributed by atoms with Crippen LogP contribution < -0.4 is 9.80 Å². The number of nitrogens with zero attached hydrogens (tertiary/aromatic N) is 5. The second-order valence-electron chi connectivity index (χ2n) is 10.3. The van der Waals surface area contributed by atoms with Gasteiger partial charge in [0.05, 0.1) is 11.3 Å².